The average molecular weight is 279 g/mol. The maximum Gasteiger partial charge on any atom is 0.289 e. The molecule has 1 nitrogen and oxygen atoms in total. The first-order valence-electron chi connectivity index (χ1n) is 3.02. The van der Waals surface area contributed by atoms with E-state index in [4.69, 9.17) is 38.6 Å². The molecular weight excluding hydrogens is 276 g/mol. The first kappa shape index (κ1) is 11.5. The largest absolute Gasteiger partial charge is 0.441 e. The van der Waals surface area contributed by atoms with Crippen molar-refractivity contribution in [1.82, 2.24) is 0 Å². The Morgan fingerprint density at radius 3 is 2.46 bits per heavy atom. The molecule has 0 saturated heterocycles. The van der Waals surface area contributed by atoms with E-state index >= 15 is 0 Å². The highest BCUT2D eigenvalue weighted by Crippen LogP contribution is 2.57. The molecule has 0 bridgehead atoms. The van der Waals surface area contributed by atoms with Gasteiger partial charge in [-0.2, -0.15) is 0 Å². The van der Waals surface area contributed by atoms with Crippen molar-refractivity contribution < 1.29 is 8.91 Å². The van der Waals surface area contributed by atoms with Gasteiger partial charge in [0.25, 0.3) is 4.97 Å². The van der Waals surface area contributed by atoms with Gasteiger partial charge < -0.3 is 4.52 Å². The summed E-state index contributed by atoms with van der Waals surface area (Å²) in [7, 11) is 0. The van der Waals surface area contributed by atoms with Crippen LogP contribution >= 0.6 is 39.1 Å². The highest BCUT2D eigenvalue weighted by molar-refractivity contribution is 8.36. The van der Waals surface area contributed by atoms with Gasteiger partial charge in [0, 0.05) is 6.07 Å². The van der Waals surface area contributed by atoms with E-state index in [1.807, 2.05) is 0 Å². The zero-order valence-corrected chi connectivity index (χ0v) is 9.99. The average Bonchev–Trinajstić information content (AvgIpc) is 1.94. The Labute approximate surface area is 94.4 Å². The second-order valence-corrected chi connectivity index (χ2v) is 9.62. The van der Waals surface area contributed by atoms with E-state index in [1.54, 1.807) is 0 Å². The SMILES string of the molecule is Fc1ccc(OP(=S)(Cl)Cl)cc1Cl. The van der Waals surface area contributed by atoms with Gasteiger partial charge in [-0.3, -0.25) is 0 Å². The third-order valence-corrected chi connectivity index (χ3v) is 2.45. The van der Waals surface area contributed by atoms with E-state index in [0.717, 1.165) is 6.07 Å². The smallest absolute Gasteiger partial charge is 0.289 e. The minimum Gasteiger partial charge on any atom is -0.441 e. The summed E-state index contributed by atoms with van der Waals surface area (Å²) in [6.07, 6.45) is 0. The second kappa shape index (κ2) is 4.33. The molecule has 0 fully saturated rings. The Balaban J connectivity index is 2.92. The van der Waals surface area contributed by atoms with Gasteiger partial charge in [0.15, 0.2) is 0 Å². The van der Waals surface area contributed by atoms with Crippen LogP contribution in [0.2, 0.25) is 5.02 Å². The zero-order chi connectivity index (χ0) is 10.1. The van der Waals surface area contributed by atoms with E-state index in [-0.39, 0.29) is 10.8 Å². The van der Waals surface area contributed by atoms with Crippen LogP contribution in [0.1, 0.15) is 0 Å². The molecule has 0 unspecified atom stereocenters. The van der Waals surface area contributed by atoms with Crippen LogP contribution in [0.25, 0.3) is 0 Å². The Kier molecular flexibility index (Phi) is 3.84. The topological polar surface area (TPSA) is 9.23 Å². The molecular formula is C6H3Cl3FOPS. The van der Waals surface area contributed by atoms with Gasteiger partial charge in [-0.25, -0.2) is 4.39 Å². The number of halogens is 4. The molecule has 0 aliphatic carbocycles. The van der Waals surface area contributed by atoms with Crippen LogP contribution in [0.5, 0.6) is 5.75 Å². The molecule has 13 heavy (non-hydrogen) atoms. The number of hydrogen-bond acceptors (Lipinski definition) is 2. The van der Waals surface area contributed by atoms with Crippen molar-refractivity contribution >= 4 is 50.9 Å². The van der Waals surface area contributed by atoms with Gasteiger partial charge in [0.1, 0.15) is 11.6 Å². The van der Waals surface area contributed by atoms with Crippen molar-refractivity contribution in [2.45, 2.75) is 0 Å². The summed E-state index contributed by atoms with van der Waals surface area (Å²) < 4.78 is 17.6. The van der Waals surface area contributed by atoms with Crippen LogP contribution in [0.15, 0.2) is 18.2 Å². The van der Waals surface area contributed by atoms with Gasteiger partial charge in [0.05, 0.1) is 5.02 Å². The summed E-state index contributed by atoms with van der Waals surface area (Å²) in [5, 5.41) is -0.0608. The quantitative estimate of drug-likeness (QED) is 0.734. The minimum absolute atomic E-state index is 0.0608. The summed E-state index contributed by atoms with van der Waals surface area (Å²) in [6.45, 7) is 0. The third-order valence-electron chi connectivity index (χ3n) is 1.10. The van der Waals surface area contributed by atoms with Crippen molar-refractivity contribution in [1.29, 1.82) is 0 Å². The molecule has 0 aliphatic rings. The molecule has 0 radical (unpaired) electrons. The zero-order valence-electron chi connectivity index (χ0n) is 6.01. The Morgan fingerprint density at radius 2 is 2.00 bits per heavy atom. The first-order chi connectivity index (χ1) is 5.88. The minimum atomic E-state index is -2.83. The van der Waals surface area contributed by atoms with Crippen LogP contribution in [-0.2, 0) is 11.8 Å². The lowest BCUT2D eigenvalue weighted by Crippen LogP contribution is -1.83. The molecule has 0 atom stereocenters. The molecule has 0 saturated carbocycles. The van der Waals surface area contributed by atoms with E-state index in [2.05, 4.69) is 11.8 Å². The van der Waals surface area contributed by atoms with Gasteiger partial charge >= 0.3 is 0 Å². The lowest BCUT2D eigenvalue weighted by Gasteiger charge is -2.08. The highest BCUT2D eigenvalue weighted by atomic mass is 35.9. The molecule has 0 aliphatic heterocycles. The fourth-order valence-corrected chi connectivity index (χ4v) is 1.92. The maximum absolute atomic E-state index is 12.7. The van der Waals surface area contributed by atoms with Gasteiger partial charge in [-0.15, -0.1) is 0 Å². The first-order valence-corrected chi connectivity index (χ1v) is 7.93. The Bertz CT molecular complexity index is 367. The van der Waals surface area contributed by atoms with Crippen LogP contribution in [0.3, 0.4) is 0 Å². The number of rotatable bonds is 2. The number of benzene rings is 1. The van der Waals surface area contributed by atoms with Crippen molar-refractivity contribution in [2.75, 3.05) is 0 Å². The summed E-state index contributed by atoms with van der Waals surface area (Å²) in [6, 6.07) is 3.77. The highest BCUT2D eigenvalue weighted by Gasteiger charge is 2.11. The van der Waals surface area contributed by atoms with E-state index in [9.17, 15) is 4.39 Å². The summed E-state index contributed by atoms with van der Waals surface area (Å²) in [4.78, 5) is -2.83. The molecule has 0 N–H and O–H groups in total. The molecule has 1 aromatic rings. The molecule has 0 heterocycles. The van der Waals surface area contributed by atoms with Gasteiger partial charge in [0.2, 0.25) is 0 Å². The maximum atomic E-state index is 12.7. The molecule has 1 aromatic carbocycles. The van der Waals surface area contributed by atoms with E-state index in [0.29, 0.717) is 0 Å². The summed E-state index contributed by atoms with van der Waals surface area (Å²) in [5.74, 6) is -0.272. The molecule has 1 rings (SSSR count). The van der Waals surface area contributed by atoms with Crippen molar-refractivity contribution in [3.05, 3.63) is 29.0 Å². The molecule has 72 valence electrons. The van der Waals surface area contributed by atoms with E-state index < -0.39 is 10.8 Å². The number of hydrogen-bond donors (Lipinski definition) is 0. The molecule has 0 aromatic heterocycles. The van der Waals surface area contributed by atoms with Gasteiger partial charge in [-0.1, -0.05) is 11.6 Å². The van der Waals surface area contributed by atoms with Crippen LogP contribution in [-0.4, -0.2) is 0 Å². The second-order valence-electron chi connectivity index (χ2n) is 2.08. The van der Waals surface area contributed by atoms with Crippen molar-refractivity contribution in [3.8, 4) is 5.75 Å². The fourth-order valence-electron chi connectivity index (χ4n) is 0.656. The summed E-state index contributed by atoms with van der Waals surface area (Å²) in [5.41, 5.74) is 0. The Morgan fingerprint density at radius 1 is 1.38 bits per heavy atom. The summed E-state index contributed by atoms with van der Waals surface area (Å²) >= 11 is 21.1. The van der Waals surface area contributed by atoms with Crippen molar-refractivity contribution in [3.63, 3.8) is 0 Å². The molecule has 7 heteroatoms. The van der Waals surface area contributed by atoms with Crippen molar-refractivity contribution in [2.24, 2.45) is 0 Å². The van der Waals surface area contributed by atoms with E-state index in [1.165, 1.54) is 12.1 Å². The fraction of sp³-hybridized carbons (Fsp3) is 0. The van der Waals surface area contributed by atoms with Gasteiger partial charge in [-0.05, 0) is 46.4 Å². The lowest BCUT2D eigenvalue weighted by atomic mass is 10.3. The lowest BCUT2D eigenvalue weighted by molar-refractivity contribution is 0.609. The third kappa shape index (κ3) is 4.01. The predicted octanol–water partition coefficient (Wildman–Crippen LogP) is 4.56. The predicted molar refractivity (Wildman–Crippen MR) is 58.0 cm³/mol. The van der Waals surface area contributed by atoms with Crippen LogP contribution in [0, 0.1) is 5.82 Å². The molecule has 0 amide bonds. The molecule has 0 spiro atoms. The standard InChI is InChI=1S/C6H3Cl3FOPS/c7-5-3-4(1-2-6(5)10)11-12(8,9)13/h1-3H. The Hall–Kier alpha value is 0.470. The van der Waals surface area contributed by atoms with Crippen LogP contribution < -0.4 is 4.52 Å². The monoisotopic (exact) mass is 278 g/mol. The van der Waals surface area contributed by atoms with Crippen LogP contribution in [0.4, 0.5) is 4.39 Å². The normalized spacial score (nSPS) is 11.4.